The smallest absolute Gasteiger partial charge is 0.243 e. The van der Waals surface area contributed by atoms with Crippen molar-refractivity contribution in [1.82, 2.24) is 5.32 Å². The minimum absolute atomic E-state index is 0.0797. The summed E-state index contributed by atoms with van der Waals surface area (Å²) in [5.41, 5.74) is 0.443. The van der Waals surface area contributed by atoms with Crippen LogP contribution in [-0.2, 0) is 4.79 Å². The molecule has 29 heavy (non-hydrogen) atoms. The van der Waals surface area contributed by atoms with Crippen molar-refractivity contribution < 1.29 is 9.53 Å². The zero-order valence-electron chi connectivity index (χ0n) is 17.7. The lowest BCUT2D eigenvalue weighted by atomic mass is 9.46. The number of hydrogen-bond donors (Lipinski definition) is 1. The molecule has 5 rings (SSSR count). The molecular weight excluding hydrogens is 382 g/mol. The first-order chi connectivity index (χ1) is 13.8. The van der Waals surface area contributed by atoms with Gasteiger partial charge < -0.3 is 10.1 Å². The molecule has 4 aliphatic rings. The third-order valence-corrected chi connectivity index (χ3v) is 9.15. The Bertz CT molecular complexity index is 836. The third kappa shape index (κ3) is 3.12. The molecule has 3 saturated carbocycles. The molecule has 0 radical (unpaired) electrons. The molecule has 0 saturated heterocycles. The fraction of sp³-hybridized carbons (Fsp3) is 0.640. The van der Waals surface area contributed by atoms with Crippen LogP contribution >= 0.6 is 11.6 Å². The second kappa shape index (κ2) is 6.77. The van der Waals surface area contributed by atoms with E-state index < -0.39 is 0 Å². The van der Waals surface area contributed by atoms with Gasteiger partial charge in [0.15, 0.2) is 0 Å². The molecule has 3 nitrogen and oxygen atoms in total. The molecule has 156 valence electrons. The molecule has 1 heterocycles. The summed E-state index contributed by atoms with van der Waals surface area (Å²) in [6.45, 7) is 7.30. The van der Waals surface area contributed by atoms with E-state index in [4.69, 9.17) is 16.3 Å². The fourth-order valence-corrected chi connectivity index (χ4v) is 7.60. The van der Waals surface area contributed by atoms with Crippen LogP contribution in [0.25, 0.3) is 0 Å². The molecule has 0 spiro atoms. The van der Waals surface area contributed by atoms with Crippen molar-refractivity contribution >= 4 is 17.5 Å². The first-order valence-corrected chi connectivity index (χ1v) is 11.6. The number of hydrogen-bond acceptors (Lipinski definition) is 2. The van der Waals surface area contributed by atoms with Crippen LogP contribution in [0.3, 0.4) is 0 Å². The number of ether oxygens (including phenoxy) is 1. The van der Waals surface area contributed by atoms with Gasteiger partial charge in [-0.15, -0.1) is 0 Å². The van der Waals surface area contributed by atoms with Gasteiger partial charge in [-0.25, -0.2) is 0 Å². The Morgan fingerprint density at radius 3 is 2.66 bits per heavy atom. The zero-order valence-corrected chi connectivity index (χ0v) is 18.4. The second-order valence-electron chi connectivity index (χ2n) is 10.6. The summed E-state index contributed by atoms with van der Waals surface area (Å²) in [6.07, 6.45) is 10.2. The van der Waals surface area contributed by atoms with Gasteiger partial charge in [-0.3, -0.25) is 4.79 Å². The number of halogens is 1. The van der Waals surface area contributed by atoms with E-state index in [0.29, 0.717) is 29.1 Å². The van der Waals surface area contributed by atoms with Gasteiger partial charge in [0.2, 0.25) is 5.91 Å². The van der Waals surface area contributed by atoms with Crippen LogP contribution in [0.15, 0.2) is 36.4 Å². The van der Waals surface area contributed by atoms with E-state index in [1.807, 2.05) is 24.3 Å². The zero-order chi connectivity index (χ0) is 20.4. The molecular formula is C25H32ClNO2. The minimum Gasteiger partial charge on any atom is -0.490 e. The highest BCUT2D eigenvalue weighted by atomic mass is 35.5. The highest BCUT2D eigenvalue weighted by molar-refractivity contribution is 6.30. The van der Waals surface area contributed by atoms with E-state index in [0.717, 1.165) is 30.0 Å². The molecule has 3 unspecified atom stereocenters. The van der Waals surface area contributed by atoms with Gasteiger partial charge in [0.1, 0.15) is 5.75 Å². The highest BCUT2D eigenvalue weighted by Crippen LogP contribution is 2.64. The Kier molecular flexibility index (Phi) is 4.55. The van der Waals surface area contributed by atoms with Crippen molar-refractivity contribution in [3.8, 4) is 5.75 Å². The van der Waals surface area contributed by atoms with Crippen molar-refractivity contribution in [1.29, 1.82) is 0 Å². The monoisotopic (exact) mass is 413 g/mol. The van der Waals surface area contributed by atoms with E-state index in [9.17, 15) is 4.79 Å². The molecule has 1 amide bonds. The maximum absolute atomic E-state index is 12.0. The standard InChI is InChI=1S/C25H32ClNO2/c1-15-12-21-25(3,11-9-22(28)27-21)19-8-10-24(2)14-18(13-20(24)23(15)19)29-17-6-4-16(26)5-7-17/h4-7,9,11,15,18-21,23H,8,10,12-14H2,1-3H3,(H,27,28)/t15?,18?,19-,20+,21?,23-,24-,25-/m1/s1. The Morgan fingerprint density at radius 1 is 1.14 bits per heavy atom. The van der Waals surface area contributed by atoms with Gasteiger partial charge in [-0.2, -0.15) is 0 Å². The molecule has 1 N–H and O–H groups in total. The summed E-state index contributed by atoms with van der Waals surface area (Å²) in [5.74, 6) is 3.67. The molecule has 0 bridgehead atoms. The summed E-state index contributed by atoms with van der Waals surface area (Å²) in [5, 5.41) is 4.03. The predicted molar refractivity (Wildman–Crippen MR) is 116 cm³/mol. The molecule has 1 aromatic carbocycles. The maximum Gasteiger partial charge on any atom is 0.243 e. The number of nitrogens with one attached hydrogen (secondary N) is 1. The topological polar surface area (TPSA) is 38.3 Å². The molecule has 3 aliphatic carbocycles. The van der Waals surface area contributed by atoms with Crippen LogP contribution in [0.5, 0.6) is 5.75 Å². The summed E-state index contributed by atoms with van der Waals surface area (Å²) in [4.78, 5) is 12.0. The van der Waals surface area contributed by atoms with E-state index >= 15 is 0 Å². The Morgan fingerprint density at radius 2 is 1.90 bits per heavy atom. The molecule has 1 aromatic rings. The number of carbonyl (C=O) groups is 1. The lowest BCUT2D eigenvalue weighted by Gasteiger charge is -2.60. The van der Waals surface area contributed by atoms with E-state index in [1.54, 1.807) is 6.08 Å². The Labute approximate surface area is 179 Å². The van der Waals surface area contributed by atoms with Gasteiger partial charge in [-0.05, 0) is 91.5 Å². The first kappa shape index (κ1) is 19.5. The van der Waals surface area contributed by atoms with E-state index in [1.165, 1.54) is 12.8 Å². The van der Waals surface area contributed by atoms with Gasteiger partial charge in [0.05, 0.1) is 6.10 Å². The van der Waals surface area contributed by atoms with E-state index in [2.05, 4.69) is 32.2 Å². The molecule has 8 atom stereocenters. The molecule has 3 fully saturated rings. The quantitative estimate of drug-likeness (QED) is 0.682. The minimum atomic E-state index is 0.0797. The number of fused-ring (bicyclic) bond motifs is 5. The lowest BCUT2D eigenvalue weighted by molar-refractivity contribution is -0.124. The Hall–Kier alpha value is -1.48. The number of benzene rings is 1. The first-order valence-electron chi connectivity index (χ1n) is 11.2. The maximum atomic E-state index is 12.0. The molecule has 1 aliphatic heterocycles. The van der Waals surface area contributed by atoms with Gasteiger partial charge >= 0.3 is 0 Å². The summed E-state index contributed by atoms with van der Waals surface area (Å²) in [6, 6.07) is 8.07. The van der Waals surface area contributed by atoms with Crippen molar-refractivity contribution in [3.05, 3.63) is 41.4 Å². The third-order valence-electron chi connectivity index (χ3n) is 8.90. The number of carbonyl (C=O) groups excluding carboxylic acids is 1. The average molecular weight is 414 g/mol. The average Bonchev–Trinajstić information content (AvgIpc) is 3.01. The largest absolute Gasteiger partial charge is 0.490 e. The molecule has 0 aromatic heterocycles. The van der Waals surface area contributed by atoms with Crippen molar-refractivity contribution in [2.24, 2.45) is 34.5 Å². The fourth-order valence-electron chi connectivity index (χ4n) is 7.47. The van der Waals surface area contributed by atoms with E-state index in [-0.39, 0.29) is 23.5 Å². The normalized spacial score (nSPS) is 45.7. The van der Waals surface area contributed by atoms with Gasteiger partial charge in [0.25, 0.3) is 0 Å². The van der Waals surface area contributed by atoms with Gasteiger partial charge in [0, 0.05) is 16.5 Å². The van der Waals surface area contributed by atoms with Crippen LogP contribution < -0.4 is 10.1 Å². The number of rotatable bonds is 2. The van der Waals surface area contributed by atoms with Crippen LogP contribution in [0.4, 0.5) is 0 Å². The predicted octanol–water partition coefficient (Wildman–Crippen LogP) is 5.63. The van der Waals surface area contributed by atoms with Crippen LogP contribution in [0, 0.1) is 34.5 Å². The Balaban J connectivity index is 1.40. The van der Waals surface area contributed by atoms with Crippen molar-refractivity contribution in [3.63, 3.8) is 0 Å². The van der Waals surface area contributed by atoms with Crippen molar-refractivity contribution in [2.75, 3.05) is 0 Å². The summed E-state index contributed by atoms with van der Waals surface area (Å²) >= 11 is 6.03. The summed E-state index contributed by atoms with van der Waals surface area (Å²) in [7, 11) is 0. The van der Waals surface area contributed by atoms with Gasteiger partial charge in [-0.1, -0.05) is 38.4 Å². The molecule has 4 heteroatoms. The van der Waals surface area contributed by atoms with Crippen molar-refractivity contribution in [2.45, 2.75) is 65.0 Å². The SMILES string of the molecule is CC1CC2NC(=O)C=C[C@]2(C)[C@@H]2CC[C@]3(C)CC(Oc4ccc(Cl)cc4)C[C@H]3[C@H]12. The van der Waals surface area contributed by atoms with Crippen LogP contribution in [0.2, 0.25) is 5.02 Å². The summed E-state index contributed by atoms with van der Waals surface area (Å²) < 4.78 is 6.42. The van der Waals surface area contributed by atoms with Crippen LogP contribution in [-0.4, -0.2) is 18.1 Å². The second-order valence-corrected chi connectivity index (χ2v) is 11.0. The van der Waals surface area contributed by atoms with Crippen LogP contribution in [0.1, 0.15) is 52.9 Å². The highest BCUT2D eigenvalue weighted by Gasteiger charge is 2.60. The number of amides is 1. The lowest BCUT2D eigenvalue weighted by Crippen LogP contribution is -2.61.